The molecular formula is C25H46O10. The Morgan fingerprint density at radius 2 is 1.11 bits per heavy atom. The van der Waals surface area contributed by atoms with Crippen molar-refractivity contribution in [2.75, 3.05) is 52.9 Å². The van der Waals surface area contributed by atoms with Gasteiger partial charge in [-0.2, -0.15) is 0 Å². The normalized spacial score (nSPS) is 14.0. The van der Waals surface area contributed by atoms with Crippen LogP contribution in [0.1, 0.15) is 47.5 Å². The number of rotatable bonds is 20. The molecule has 0 bridgehead atoms. The van der Waals surface area contributed by atoms with Crippen LogP contribution in [0.4, 0.5) is 0 Å². The quantitative estimate of drug-likeness (QED) is 0.144. The van der Waals surface area contributed by atoms with Crippen LogP contribution in [0, 0.1) is 0 Å². The van der Waals surface area contributed by atoms with E-state index in [1.54, 1.807) is 34.6 Å². The van der Waals surface area contributed by atoms with Gasteiger partial charge in [0.25, 0.3) is 0 Å². The first-order chi connectivity index (χ1) is 16.5. The Morgan fingerprint density at radius 3 is 1.46 bits per heavy atom. The molecule has 2 N–H and O–H groups in total. The summed E-state index contributed by atoms with van der Waals surface area (Å²) in [6.07, 6.45) is 1.18. The molecule has 0 aromatic carbocycles. The van der Waals surface area contributed by atoms with E-state index in [4.69, 9.17) is 38.6 Å². The van der Waals surface area contributed by atoms with Gasteiger partial charge in [0, 0.05) is 38.1 Å². The number of ether oxygens (including phenoxy) is 6. The first-order valence-corrected chi connectivity index (χ1v) is 11.9. The van der Waals surface area contributed by atoms with Gasteiger partial charge in [-0.15, -0.1) is 0 Å². The summed E-state index contributed by atoms with van der Waals surface area (Å²) in [6.45, 7) is 18.8. The number of esters is 2. The van der Waals surface area contributed by atoms with E-state index in [0.717, 1.165) is 18.9 Å². The van der Waals surface area contributed by atoms with Gasteiger partial charge in [0.15, 0.2) is 0 Å². The predicted molar refractivity (Wildman–Crippen MR) is 132 cm³/mol. The van der Waals surface area contributed by atoms with Crippen LogP contribution in [0.15, 0.2) is 24.8 Å². The Kier molecular flexibility index (Phi) is 24.1. The molecule has 0 aliphatic rings. The Morgan fingerprint density at radius 1 is 0.743 bits per heavy atom. The van der Waals surface area contributed by atoms with E-state index in [0.29, 0.717) is 58.4 Å². The third kappa shape index (κ3) is 28.3. The van der Waals surface area contributed by atoms with Gasteiger partial charge in [-0.1, -0.05) is 13.2 Å². The maximum Gasteiger partial charge on any atom is 0.333 e. The fourth-order valence-corrected chi connectivity index (χ4v) is 2.13. The molecule has 0 aromatic heterocycles. The highest BCUT2D eigenvalue weighted by Crippen LogP contribution is 1.99. The Hall–Kier alpha value is -1.82. The van der Waals surface area contributed by atoms with Crippen molar-refractivity contribution in [1.29, 1.82) is 0 Å². The van der Waals surface area contributed by atoms with Crippen molar-refractivity contribution in [2.24, 2.45) is 0 Å². The minimum Gasteiger partial charge on any atom is -0.457 e. The van der Waals surface area contributed by atoms with Crippen molar-refractivity contribution in [2.45, 2.75) is 71.9 Å². The Balaban J connectivity index is 0. The smallest absolute Gasteiger partial charge is 0.333 e. The molecule has 0 aromatic rings. The van der Waals surface area contributed by atoms with Crippen LogP contribution < -0.4 is 0 Å². The van der Waals surface area contributed by atoms with E-state index in [9.17, 15) is 9.59 Å². The number of aliphatic hydroxyl groups is 2. The summed E-state index contributed by atoms with van der Waals surface area (Å²) in [6, 6.07) is 0. The summed E-state index contributed by atoms with van der Waals surface area (Å²) >= 11 is 0. The highest BCUT2D eigenvalue weighted by atomic mass is 16.6. The van der Waals surface area contributed by atoms with E-state index in [-0.39, 0.29) is 12.2 Å². The molecule has 0 aliphatic heterocycles. The zero-order valence-corrected chi connectivity index (χ0v) is 22.0. The van der Waals surface area contributed by atoms with Crippen LogP contribution in [0.25, 0.3) is 0 Å². The molecule has 206 valence electrons. The molecule has 4 atom stereocenters. The van der Waals surface area contributed by atoms with E-state index in [1.165, 1.54) is 0 Å². The lowest BCUT2D eigenvalue weighted by Gasteiger charge is -2.13. The van der Waals surface area contributed by atoms with Gasteiger partial charge in [-0.05, 0) is 47.5 Å². The van der Waals surface area contributed by atoms with Crippen molar-refractivity contribution < 1.29 is 48.2 Å². The molecule has 0 spiro atoms. The molecule has 0 aliphatic carbocycles. The summed E-state index contributed by atoms with van der Waals surface area (Å²) in [5.41, 5.74) is 0.383. The highest BCUT2D eigenvalue weighted by Gasteiger charge is 2.10. The maximum absolute atomic E-state index is 11.2. The molecular weight excluding hydrogens is 460 g/mol. The van der Waals surface area contributed by atoms with E-state index >= 15 is 0 Å². The third-order valence-corrected chi connectivity index (χ3v) is 3.72. The second kappa shape index (κ2) is 23.9. The fourth-order valence-electron chi connectivity index (χ4n) is 2.13. The average Bonchev–Trinajstić information content (AvgIpc) is 2.77. The summed E-state index contributed by atoms with van der Waals surface area (Å²) in [7, 11) is 0. The van der Waals surface area contributed by atoms with Crippen LogP contribution >= 0.6 is 0 Å². The number of hydrogen-bond acceptors (Lipinski definition) is 10. The SMILES string of the molecule is C=C(C)C(=O)OC(C)COCCCOCC(C)O.C=CC(=O)OC(C)COCCCOCC(C)O. The maximum atomic E-state index is 11.2. The van der Waals surface area contributed by atoms with Crippen molar-refractivity contribution in [3.8, 4) is 0 Å². The monoisotopic (exact) mass is 506 g/mol. The van der Waals surface area contributed by atoms with E-state index < -0.39 is 24.1 Å². The van der Waals surface area contributed by atoms with Crippen molar-refractivity contribution in [3.63, 3.8) is 0 Å². The van der Waals surface area contributed by atoms with Crippen LogP contribution in [0.5, 0.6) is 0 Å². The molecule has 35 heavy (non-hydrogen) atoms. The first kappa shape index (κ1) is 35.3. The first-order valence-electron chi connectivity index (χ1n) is 11.9. The van der Waals surface area contributed by atoms with Gasteiger partial charge in [0.05, 0.1) is 38.6 Å². The second-order valence-corrected chi connectivity index (χ2v) is 8.15. The molecule has 10 heteroatoms. The largest absolute Gasteiger partial charge is 0.457 e. The zero-order valence-electron chi connectivity index (χ0n) is 22.0. The lowest BCUT2D eigenvalue weighted by molar-refractivity contribution is -0.146. The lowest BCUT2D eigenvalue weighted by atomic mass is 10.3. The Bertz CT molecular complexity index is 562. The predicted octanol–water partition coefficient (Wildman–Crippen LogP) is 2.21. The number of carbonyl (C=O) groups is 2. The summed E-state index contributed by atoms with van der Waals surface area (Å²) < 4.78 is 30.9. The Labute approximate surface area is 210 Å². The molecule has 0 fully saturated rings. The molecule has 0 heterocycles. The molecule has 0 radical (unpaired) electrons. The average molecular weight is 507 g/mol. The minimum atomic E-state index is -0.443. The molecule has 0 saturated heterocycles. The molecule has 0 saturated carbocycles. The van der Waals surface area contributed by atoms with Crippen LogP contribution in [0.2, 0.25) is 0 Å². The van der Waals surface area contributed by atoms with Crippen molar-refractivity contribution in [1.82, 2.24) is 0 Å². The number of carbonyl (C=O) groups excluding carboxylic acids is 2. The molecule has 10 nitrogen and oxygen atoms in total. The standard InChI is InChI=1S/C13H24O5.C12H22O5/c1-10(2)13(15)18-12(4)9-17-7-5-6-16-8-11(3)14;1-4-12(14)17-11(3)9-16-7-5-6-15-8-10(2)13/h11-12,14H,1,5-9H2,2-4H3;4,10-11,13H,1,5-9H2,2-3H3. The minimum absolute atomic E-state index is 0.279. The summed E-state index contributed by atoms with van der Waals surface area (Å²) in [5, 5.41) is 17.9. The van der Waals surface area contributed by atoms with Crippen molar-refractivity contribution >= 4 is 11.9 Å². The highest BCUT2D eigenvalue weighted by molar-refractivity contribution is 5.87. The van der Waals surface area contributed by atoms with Gasteiger partial charge in [-0.3, -0.25) is 0 Å². The van der Waals surface area contributed by atoms with Gasteiger partial charge in [-0.25, -0.2) is 9.59 Å². The molecule has 0 rings (SSSR count). The van der Waals surface area contributed by atoms with Crippen LogP contribution in [-0.2, 0) is 38.0 Å². The van der Waals surface area contributed by atoms with Crippen molar-refractivity contribution in [3.05, 3.63) is 24.8 Å². The van der Waals surface area contributed by atoms with Crippen LogP contribution in [0.3, 0.4) is 0 Å². The van der Waals surface area contributed by atoms with Gasteiger partial charge in [0.1, 0.15) is 12.2 Å². The zero-order chi connectivity index (χ0) is 27.1. The molecule has 4 unspecified atom stereocenters. The second-order valence-electron chi connectivity index (χ2n) is 8.15. The summed E-state index contributed by atoms with van der Waals surface area (Å²) in [4.78, 5) is 22.0. The van der Waals surface area contributed by atoms with Gasteiger partial charge >= 0.3 is 11.9 Å². The van der Waals surface area contributed by atoms with Gasteiger partial charge in [0.2, 0.25) is 0 Å². The summed E-state index contributed by atoms with van der Waals surface area (Å²) in [5.74, 6) is -0.840. The molecule has 0 amide bonds. The van der Waals surface area contributed by atoms with E-state index in [2.05, 4.69) is 13.2 Å². The number of aliphatic hydroxyl groups excluding tert-OH is 2. The fraction of sp³-hybridized carbons (Fsp3) is 0.760. The third-order valence-electron chi connectivity index (χ3n) is 3.72. The lowest BCUT2D eigenvalue weighted by Crippen LogP contribution is -2.21. The number of hydrogen-bond donors (Lipinski definition) is 2. The topological polar surface area (TPSA) is 130 Å². The van der Waals surface area contributed by atoms with Crippen LogP contribution in [-0.4, -0.2) is 99.4 Å². The van der Waals surface area contributed by atoms with Gasteiger partial charge < -0.3 is 38.6 Å². The van der Waals surface area contributed by atoms with E-state index in [1.807, 2.05) is 0 Å².